The first-order valence-corrected chi connectivity index (χ1v) is 22.1. The van der Waals surface area contributed by atoms with Crippen LogP contribution < -0.4 is 0 Å². The molecule has 0 aromatic rings. The number of unbranched alkanes of at least 4 members (excludes halogenated alkanes) is 3. The molecule has 0 aliphatic rings. The highest BCUT2D eigenvalue weighted by Gasteiger charge is 2.26. The van der Waals surface area contributed by atoms with E-state index in [1.807, 2.05) is 0 Å². The molecule has 0 fully saturated rings. The topological polar surface area (TPSA) is 18.5 Å². The molecule has 134 valence electrons. The van der Waals surface area contributed by atoms with E-state index in [9.17, 15) is 0 Å². The van der Waals surface area contributed by atoms with Gasteiger partial charge in [0.1, 0.15) is 5.91 Å². The molecule has 0 rings (SSSR count). The quantitative estimate of drug-likeness (QED) is 0.166. The van der Waals surface area contributed by atoms with Crippen molar-refractivity contribution in [2.75, 3.05) is 0 Å². The Balaban J connectivity index is 3.94. The summed E-state index contributed by atoms with van der Waals surface area (Å²) in [5.41, 5.74) is 0. The summed E-state index contributed by atoms with van der Waals surface area (Å²) >= 11 is 17.7. The van der Waals surface area contributed by atoms with E-state index >= 15 is 0 Å². The molecule has 0 amide bonds. The van der Waals surface area contributed by atoms with Crippen molar-refractivity contribution in [3.05, 3.63) is 0 Å². The van der Waals surface area contributed by atoms with Crippen molar-refractivity contribution in [3.8, 4) is 0 Å². The maximum Gasteiger partial charge on any atom is 0.341 e. The minimum absolute atomic E-state index is 0.118. The van der Waals surface area contributed by atoms with Crippen molar-refractivity contribution < 1.29 is 8.85 Å². The van der Waals surface area contributed by atoms with E-state index in [0.717, 1.165) is 12.5 Å². The fourth-order valence-corrected chi connectivity index (χ4v) is 10.6. The monoisotopic (exact) mass is 438 g/mol. The van der Waals surface area contributed by atoms with Gasteiger partial charge in [-0.05, 0) is 45.3 Å². The third kappa shape index (κ3) is 18.0. The lowest BCUT2D eigenvalue weighted by atomic mass is 10.2. The Bertz CT molecular complexity index is 285. The fourth-order valence-electron chi connectivity index (χ4n) is 2.10. The lowest BCUT2D eigenvalue weighted by Gasteiger charge is -2.31. The van der Waals surface area contributed by atoms with Crippen LogP contribution in [0, 0.1) is 0 Å². The van der Waals surface area contributed by atoms with Crippen molar-refractivity contribution in [1.29, 1.82) is 0 Å². The average Bonchev–Trinajstić information content (AvgIpc) is 2.21. The Labute approximate surface area is 156 Å². The molecule has 0 radical (unpaired) electrons. The van der Waals surface area contributed by atoms with Crippen LogP contribution in [0.3, 0.4) is 0 Å². The molecule has 0 N–H and O–H groups in total. The largest absolute Gasteiger partial charge is 0.398 e. The first-order valence-electron chi connectivity index (χ1n) is 8.21. The molecule has 0 aliphatic heterocycles. The molecule has 0 atom stereocenters. The lowest BCUT2D eigenvalue weighted by Crippen LogP contribution is -2.42. The van der Waals surface area contributed by atoms with Crippen LogP contribution in [0.2, 0.25) is 51.4 Å². The number of hydrogen-bond donors (Lipinski definition) is 0. The molecule has 22 heavy (non-hydrogen) atoms. The van der Waals surface area contributed by atoms with Crippen LogP contribution in [-0.2, 0) is 8.85 Å². The number of rotatable bonds is 12. The highest BCUT2D eigenvalue weighted by molar-refractivity contribution is 7.64. The molecule has 0 spiro atoms. The van der Waals surface area contributed by atoms with Gasteiger partial charge in [-0.15, -0.1) is 33.2 Å². The summed E-state index contributed by atoms with van der Waals surface area (Å²) in [5.74, 6) is 0.118. The van der Waals surface area contributed by atoms with Gasteiger partial charge in [-0.2, -0.15) is 0 Å². The van der Waals surface area contributed by atoms with Gasteiger partial charge in [0.05, 0.1) is 9.52 Å². The molecule has 0 saturated carbocycles. The van der Waals surface area contributed by atoms with E-state index in [1.54, 1.807) is 0 Å². The van der Waals surface area contributed by atoms with Crippen LogP contribution in [0.1, 0.15) is 25.7 Å². The predicted octanol–water partition coefficient (Wildman–Crippen LogP) is 5.78. The number of hydrogen-bond acceptors (Lipinski definition) is 2. The van der Waals surface area contributed by atoms with E-state index in [1.165, 1.54) is 25.3 Å². The van der Waals surface area contributed by atoms with Crippen LogP contribution in [0.4, 0.5) is 0 Å². The number of halogens is 3. The summed E-state index contributed by atoms with van der Waals surface area (Å²) in [6, 6.07) is -0.333. The molecule has 0 aliphatic carbocycles. The molecule has 0 aromatic heterocycles. The zero-order valence-electron chi connectivity index (χ0n) is 15.0. The second kappa shape index (κ2) is 10.6. The van der Waals surface area contributed by atoms with Gasteiger partial charge >= 0.3 is 6.00 Å². The highest BCUT2D eigenvalue weighted by Crippen LogP contribution is 2.27. The molecule has 0 saturated heterocycles. The molecular formula is C13H33Cl3O2Si4. The zero-order chi connectivity index (χ0) is 17.4. The van der Waals surface area contributed by atoms with Crippen LogP contribution in [0.25, 0.3) is 0 Å². The van der Waals surface area contributed by atoms with Gasteiger partial charge in [-0.1, -0.05) is 31.7 Å². The van der Waals surface area contributed by atoms with Crippen LogP contribution in [0.5, 0.6) is 0 Å². The smallest absolute Gasteiger partial charge is 0.341 e. The minimum Gasteiger partial charge on any atom is -0.398 e. The standard InChI is InChI=1S/C13H33Cl3O2Si4/c1-20(2,3)17-13(18-21(4,5)6)19-11-9-7-8-10-12-22(14,15)16/h13H,7-12,19H2,1-6H3. The van der Waals surface area contributed by atoms with Crippen LogP contribution in [0.15, 0.2) is 0 Å². The van der Waals surface area contributed by atoms with E-state index < -0.39 is 22.6 Å². The SMILES string of the molecule is C[Si](C)(C)OC(O[Si](C)(C)C)[SiH2]CCCCCC[Si](Cl)(Cl)Cl. The summed E-state index contributed by atoms with van der Waals surface area (Å²) < 4.78 is 12.5. The summed E-state index contributed by atoms with van der Waals surface area (Å²) in [6.45, 7) is 13.4. The van der Waals surface area contributed by atoms with Gasteiger partial charge in [-0.25, -0.2) is 0 Å². The maximum absolute atomic E-state index is 6.25. The third-order valence-electron chi connectivity index (χ3n) is 2.87. The third-order valence-corrected chi connectivity index (χ3v) is 9.81. The van der Waals surface area contributed by atoms with Crippen molar-refractivity contribution >= 4 is 65.4 Å². The van der Waals surface area contributed by atoms with Gasteiger partial charge in [-0.3, -0.25) is 0 Å². The van der Waals surface area contributed by atoms with Crippen molar-refractivity contribution in [3.63, 3.8) is 0 Å². The molecular weight excluding hydrogens is 407 g/mol. The van der Waals surface area contributed by atoms with E-state index in [0.29, 0.717) is 0 Å². The van der Waals surface area contributed by atoms with Gasteiger partial charge < -0.3 is 8.85 Å². The molecule has 9 heteroatoms. The molecule has 0 aromatic carbocycles. The van der Waals surface area contributed by atoms with E-state index in [-0.39, 0.29) is 15.4 Å². The summed E-state index contributed by atoms with van der Waals surface area (Å²) in [4.78, 5) is 0. The van der Waals surface area contributed by atoms with Gasteiger partial charge in [0.25, 0.3) is 0 Å². The predicted molar refractivity (Wildman–Crippen MR) is 113 cm³/mol. The molecule has 0 unspecified atom stereocenters. The van der Waals surface area contributed by atoms with Crippen molar-refractivity contribution in [2.45, 2.75) is 83.0 Å². The van der Waals surface area contributed by atoms with Crippen LogP contribution in [-0.4, -0.2) is 38.1 Å². The molecule has 2 nitrogen and oxygen atoms in total. The summed E-state index contributed by atoms with van der Waals surface area (Å²) in [5, 5.41) is 0. The highest BCUT2D eigenvalue weighted by atomic mass is 35.8. The first-order chi connectivity index (χ1) is 9.79. The zero-order valence-corrected chi connectivity index (χ0v) is 21.7. The Hall–Kier alpha value is 1.66. The fraction of sp³-hybridized carbons (Fsp3) is 1.00. The van der Waals surface area contributed by atoms with Gasteiger partial charge in [0.15, 0.2) is 16.6 Å². The lowest BCUT2D eigenvalue weighted by molar-refractivity contribution is 0.0604. The summed E-state index contributed by atoms with van der Waals surface area (Å²) in [6.07, 6.45) is 4.71. The Morgan fingerprint density at radius 2 is 1.23 bits per heavy atom. The second-order valence-corrected chi connectivity index (χ2v) is 28.0. The van der Waals surface area contributed by atoms with Gasteiger partial charge in [0, 0.05) is 0 Å². The Morgan fingerprint density at radius 3 is 1.64 bits per heavy atom. The minimum atomic E-state index is -2.40. The van der Waals surface area contributed by atoms with E-state index in [4.69, 9.17) is 42.1 Å². The first kappa shape index (κ1) is 23.7. The summed E-state index contributed by atoms with van der Waals surface area (Å²) in [7, 11) is -3.40. The van der Waals surface area contributed by atoms with Crippen molar-refractivity contribution in [1.82, 2.24) is 0 Å². The van der Waals surface area contributed by atoms with Crippen LogP contribution >= 0.6 is 33.2 Å². The molecule has 0 bridgehead atoms. The second-order valence-electron chi connectivity index (χ2n) is 7.81. The van der Waals surface area contributed by atoms with Gasteiger partial charge in [0.2, 0.25) is 0 Å². The van der Waals surface area contributed by atoms with E-state index in [2.05, 4.69) is 39.3 Å². The Morgan fingerprint density at radius 1 is 0.773 bits per heavy atom. The molecule has 0 heterocycles. The Kier molecular flexibility index (Phi) is 11.4. The normalized spacial score (nSPS) is 14.5. The average molecular weight is 440 g/mol. The van der Waals surface area contributed by atoms with Crippen molar-refractivity contribution in [2.24, 2.45) is 0 Å². The maximum atomic E-state index is 6.25.